The Morgan fingerprint density at radius 1 is 0.750 bits per heavy atom. The van der Waals surface area contributed by atoms with E-state index >= 15 is 4.39 Å². The Labute approximate surface area is 179 Å². The van der Waals surface area contributed by atoms with Crippen molar-refractivity contribution in [3.05, 3.63) is 89.5 Å². The summed E-state index contributed by atoms with van der Waals surface area (Å²) < 4.78 is 87.4. The average molecular weight is 446 g/mol. The minimum absolute atomic E-state index is 0.0120. The molecule has 7 heteroatoms. The lowest BCUT2D eigenvalue weighted by molar-refractivity contribution is -0.0521. The monoisotopic (exact) mass is 446 g/mol. The lowest BCUT2D eigenvalue weighted by atomic mass is 9.96. The molecule has 0 aromatic heterocycles. The van der Waals surface area contributed by atoms with Crippen molar-refractivity contribution in [3.63, 3.8) is 0 Å². The molecule has 1 nitrogen and oxygen atoms in total. The van der Waals surface area contributed by atoms with Gasteiger partial charge in [0.1, 0.15) is 17.5 Å². The van der Waals surface area contributed by atoms with Gasteiger partial charge in [0.2, 0.25) is 0 Å². The largest absolute Gasteiger partial charge is 0.432 e. The third-order valence-electron chi connectivity index (χ3n) is 5.22. The number of hydrogen-bond acceptors (Lipinski definition) is 1. The van der Waals surface area contributed by atoms with Crippen LogP contribution in [0.4, 0.5) is 26.3 Å². The maximum atomic E-state index is 15.1. The van der Waals surface area contributed by atoms with E-state index in [2.05, 4.69) is 4.74 Å². The van der Waals surface area contributed by atoms with E-state index in [1.54, 1.807) is 18.2 Å². The Bertz CT molecular complexity index is 1290. The molecule has 0 heterocycles. The van der Waals surface area contributed by atoms with Gasteiger partial charge in [-0.25, -0.2) is 17.6 Å². The maximum Gasteiger partial charge on any atom is 0.387 e. The van der Waals surface area contributed by atoms with Crippen molar-refractivity contribution >= 4 is 10.8 Å². The molecule has 0 aliphatic carbocycles. The number of aryl methyl sites for hydroxylation is 1. The molecule has 4 aromatic carbocycles. The van der Waals surface area contributed by atoms with Gasteiger partial charge in [-0.1, -0.05) is 43.3 Å². The fourth-order valence-electron chi connectivity index (χ4n) is 3.64. The van der Waals surface area contributed by atoms with E-state index in [9.17, 15) is 22.0 Å². The van der Waals surface area contributed by atoms with E-state index in [0.717, 1.165) is 36.2 Å². The first kappa shape index (κ1) is 21.7. The van der Waals surface area contributed by atoms with Crippen molar-refractivity contribution in [2.75, 3.05) is 0 Å². The van der Waals surface area contributed by atoms with Crippen LogP contribution in [0.1, 0.15) is 12.5 Å². The highest BCUT2D eigenvalue weighted by molar-refractivity contribution is 5.89. The lowest BCUT2D eigenvalue weighted by Gasteiger charge is -2.12. The van der Waals surface area contributed by atoms with Crippen LogP contribution < -0.4 is 4.74 Å². The minimum atomic E-state index is -3.24. The lowest BCUT2D eigenvalue weighted by Crippen LogP contribution is -2.04. The first-order valence-electron chi connectivity index (χ1n) is 9.73. The van der Waals surface area contributed by atoms with Crippen molar-refractivity contribution in [2.45, 2.75) is 20.0 Å². The third kappa shape index (κ3) is 4.02. The molecule has 164 valence electrons. The highest BCUT2D eigenvalue weighted by atomic mass is 19.3. The Hall–Kier alpha value is -3.48. The Balaban J connectivity index is 1.77. The predicted octanol–water partition coefficient (Wildman–Crippen LogP) is 7.89. The van der Waals surface area contributed by atoms with Gasteiger partial charge in [0, 0.05) is 10.9 Å². The molecule has 0 unspecified atom stereocenters. The molecule has 0 fully saturated rings. The quantitative estimate of drug-likeness (QED) is 0.283. The standard InChI is InChI=1S/C25H16F6O/c1-2-13-3-6-17-14(9-13)4-7-18(24(17)29)16-11-20(27)23(21(28)12-16)15-5-8-22(19(26)10-15)32-25(30)31/h3-12,25H,2H2,1H3. The van der Waals surface area contributed by atoms with Crippen LogP contribution in [0.15, 0.2) is 60.7 Å². The van der Waals surface area contributed by atoms with Gasteiger partial charge in [-0.2, -0.15) is 8.78 Å². The molecule has 0 aliphatic rings. The summed E-state index contributed by atoms with van der Waals surface area (Å²) >= 11 is 0. The molecule has 4 rings (SSSR count). The first-order chi connectivity index (χ1) is 15.3. The van der Waals surface area contributed by atoms with Gasteiger partial charge in [-0.15, -0.1) is 0 Å². The molecule has 0 saturated carbocycles. The molecule has 0 atom stereocenters. The molecular weight excluding hydrogens is 430 g/mol. The SMILES string of the molecule is CCc1ccc2c(F)c(-c3cc(F)c(-c4ccc(OC(F)F)c(F)c4)c(F)c3)ccc2c1. The van der Waals surface area contributed by atoms with Gasteiger partial charge >= 0.3 is 6.61 Å². The zero-order chi connectivity index (χ0) is 23.0. The Kier molecular flexibility index (Phi) is 5.82. The summed E-state index contributed by atoms with van der Waals surface area (Å²) in [6.45, 7) is -1.27. The number of fused-ring (bicyclic) bond motifs is 1. The van der Waals surface area contributed by atoms with Crippen LogP contribution in [-0.2, 0) is 6.42 Å². The summed E-state index contributed by atoms with van der Waals surface area (Å²) in [5, 5.41) is 0.992. The third-order valence-corrected chi connectivity index (χ3v) is 5.22. The second-order valence-corrected chi connectivity index (χ2v) is 7.17. The molecule has 0 N–H and O–H groups in total. The van der Waals surface area contributed by atoms with Gasteiger partial charge in [0.05, 0.1) is 5.56 Å². The molecule has 0 radical (unpaired) electrons. The van der Waals surface area contributed by atoms with E-state index in [1.807, 2.05) is 13.0 Å². The Morgan fingerprint density at radius 2 is 1.44 bits per heavy atom. The number of hydrogen-bond donors (Lipinski definition) is 0. The summed E-state index contributed by atoms with van der Waals surface area (Å²) in [6, 6.07) is 12.9. The van der Waals surface area contributed by atoms with Gasteiger partial charge in [0.25, 0.3) is 0 Å². The van der Waals surface area contributed by atoms with Gasteiger partial charge in [0.15, 0.2) is 11.6 Å². The number of ether oxygens (including phenoxy) is 1. The van der Waals surface area contributed by atoms with Gasteiger partial charge in [-0.05, 0) is 52.8 Å². The fraction of sp³-hybridized carbons (Fsp3) is 0.120. The minimum Gasteiger partial charge on any atom is -0.432 e. The van der Waals surface area contributed by atoms with Crippen molar-refractivity contribution < 1.29 is 31.1 Å². The second-order valence-electron chi connectivity index (χ2n) is 7.17. The van der Waals surface area contributed by atoms with E-state index in [4.69, 9.17) is 0 Å². The molecule has 4 aromatic rings. The zero-order valence-electron chi connectivity index (χ0n) is 16.7. The van der Waals surface area contributed by atoms with Crippen molar-refractivity contribution in [3.8, 4) is 28.0 Å². The van der Waals surface area contributed by atoms with Crippen LogP contribution >= 0.6 is 0 Å². The number of halogens is 6. The second kappa shape index (κ2) is 8.57. The van der Waals surface area contributed by atoms with E-state index < -0.39 is 41.2 Å². The highest BCUT2D eigenvalue weighted by Gasteiger charge is 2.19. The number of benzene rings is 4. The van der Waals surface area contributed by atoms with E-state index in [-0.39, 0.29) is 16.7 Å². The molecule has 0 aliphatic heterocycles. The zero-order valence-corrected chi connectivity index (χ0v) is 16.7. The smallest absolute Gasteiger partial charge is 0.387 e. The summed E-state index contributed by atoms with van der Waals surface area (Å²) in [4.78, 5) is 0. The van der Waals surface area contributed by atoms with Crippen molar-refractivity contribution in [2.24, 2.45) is 0 Å². The van der Waals surface area contributed by atoms with Crippen LogP contribution in [-0.4, -0.2) is 6.61 Å². The summed E-state index contributed by atoms with van der Waals surface area (Å²) in [6.07, 6.45) is 0.785. The van der Waals surface area contributed by atoms with Crippen molar-refractivity contribution in [1.29, 1.82) is 0 Å². The van der Waals surface area contributed by atoms with Crippen LogP contribution in [0, 0.1) is 23.3 Å². The van der Waals surface area contributed by atoms with Crippen molar-refractivity contribution in [1.82, 2.24) is 0 Å². The predicted molar refractivity (Wildman–Crippen MR) is 111 cm³/mol. The topological polar surface area (TPSA) is 9.23 Å². The Morgan fingerprint density at radius 3 is 2.06 bits per heavy atom. The van der Waals surface area contributed by atoms with Gasteiger partial charge < -0.3 is 4.74 Å². The van der Waals surface area contributed by atoms with E-state index in [0.29, 0.717) is 16.8 Å². The molecule has 0 saturated heterocycles. The van der Waals surface area contributed by atoms with Crippen LogP contribution in [0.25, 0.3) is 33.0 Å². The van der Waals surface area contributed by atoms with Crippen LogP contribution in [0.3, 0.4) is 0 Å². The van der Waals surface area contributed by atoms with Crippen LogP contribution in [0.2, 0.25) is 0 Å². The highest BCUT2D eigenvalue weighted by Crippen LogP contribution is 2.35. The number of rotatable bonds is 5. The summed E-state index contributed by atoms with van der Waals surface area (Å²) in [7, 11) is 0. The molecule has 0 spiro atoms. The van der Waals surface area contributed by atoms with Gasteiger partial charge in [-0.3, -0.25) is 0 Å². The summed E-state index contributed by atoms with van der Waals surface area (Å²) in [5.74, 6) is -4.66. The fourth-order valence-corrected chi connectivity index (χ4v) is 3.64. The average Bonchev–Trinajstić information content (AvgIpc) is 2.74. The maximum absolute atomic E-state index is 15.1. The molecule has 0 amide bonds. The molecular formula is C25H16F6O. The van der Waals surface area contributed by atoms with E-state index in [1.165, 1.54) is 6.07 Å². The summed E-state index contributed by atoms with van der Waals surface area (Å²) in [5.41, 5.74) is 0.240. The van der Waals surface area contributed by atoms with Crippen LogP contribution in [0.5, 0.6) is 5.75 Å². The molecule has 32 heavy (non-hydrogen) atoms. The molecule has 0 bridgehead atoms. The first-order valence-corrected chi connectivity index (χ1v) is 9.73. The number of alkyl halides is 2. The normalized spacial score (nSPS) is 11.4.